The monoisotopic (exact) mass is 167 g/mol. The van der Waals surface area contributed by atoms with Crippen molar-refractivity contribution in [3.05, 3.63) is 0 Å². The van der Waals surface area contributed by atoms with E-state index in [1.165, 1.54) is 0 Å². The van der Waals surface area contributed by atoms with Gasteiger partial charge < -0.3 is 10.2 Å². The fourth-order valence-electron chi connectivity index (χ4n) is 0.556. The van der Waals surface area contributed by atoms with Crippen LogP contribution < -0.4 is 5.32 Å². The van der Waals surface area contributed by atoms with Crippen molar-refractivity contribution in [1.29, 1.82) is 0 Å². The van der Waals surface area contributed by atoms with E-state index in [9.17, 15) is 9.59 Å². The van der Waals surface area contributed by atoms with Crippen LogP contribution in [0.2, 0.25) is 0 Å². The minimum absolute atomic E-state index is 0. The number of hydrogen-bond donors (Lipinski definition) is 3. The fourth-order valence-corrected chi connectivity index (χ4v) is 0.556. The van der Waals surface area contributed by atoms with Gasteiger partial charge in [-0.25, -0.2) is 0 Å². The van der Waals surface area contributed by atoms with E-state index in [4.69, 9.17) is 10.2 Å². The van der Waals surface area contributed by atoms with Crippen molar-refractivity contribution in [1.82, 2.24) is 5.32 Å². The average molecular weight is 168 g/mol. The molecular formula is C4H6ClNO4. The molecule has 2 atom stereocenters. The Kier molecular flexibility index (Phi) is 2.77. The predicted octanol–water partition coefficient (Wildman–Crippen LogP) is -2.21. The Balaban J connectivity index is 0.000000810. The van der Waals surface area contributed by atoms with Gasteiger partial charge in [-0.2, -0.15) is 0 Å². The molecule has 1 aliphatic heterocycles. The second kappa shape index (κ2) is 2.96. The number of aliphatic hydroxyl groups excluding tert-OH is 2. The van der Waals surface area contributed by atoms with E-state index in [1.807, 2.05) is 0 Å². The van der Waals surface area contributed by atoms with Gasteiger partial charge in [-0.15, -0.1) is 12.4 Å². The molecule has 2 unspecified atom stereocenters. The summed E-state index contributed by atoms with van der Waals surface area (Å²) in [6, 6.07) is 0. The van der Waals surface area contributed by atoms with Crippen LogP contribution in [0.4, 0.5) is 0 Å². The summed E-state index contributed by atoms with van der Waals surface area (Å²) in [5.74, 6) is -1.68. The molecule has 0 aliphatic carbocycles. The zero-order valence-corrected chi connectivity index (χ0v) is 5.59. The Hall–Kier alpha value is -0.650. The van der Waals surface area contributed by atoms with Crippen LogP contribution in [-0.4, -0.2) is 34.2 Å². The lowest BCUT2D eigenvalue weighted by molar-refractivity contribution is -0.129. The number of imide groups is 1. The van der Waals surface area contributed by atoms with E-state index in [1.54, 1.807) is 5.32 Å². The largest absolute Gasteiger partial charge is 0.380 e. The topological polar surface area (TPSA) is 86.6 Å². The number of carbonyl (C=O) groups is 2. The second-order valence-electron chi connectivity index (χ2n) is 1.74. The highest BCUT2D eigenvalue weighted by Gasteiger charge is 2.38. The van der Waals surface area contributed by atoms with Crippen LogP contribution in [0.25, 0.3) is 0 Å². The van der Waals surface area contributed by atoms with Crippen molar-refractivity contribution < 1.29 is 19.8 Å². The first kappa shape index (κ1) is 9.35. The van der Waals surface area contributed by atoms with E-state index in [0.29, 0.717) is 0 Å². The summed E-state index contributed by atoms with van der Waals surface area (Å²) in [6.07, 6.45) is -3.17. The predicted molar refractivity (Wildman–Crippen MR) is 32.4 cm³/mol. The Morgan fingerprint density at radius 1 is 1.10 bits per heavy atom. The molecule has 0 aromatic heterocycles. The van der Waals surface area contributed by atoms with E-state index in [-0.39, 0.29) is 12.4 Å². The summed E-state index contributed by atoms with van der Waals surface area (Å²) in [5.41, 5.74) is 0. The molecule has 0 radical (unpaired) electrons. The Labute approximate surface area is 62.4 Å². The zero-order chi connectivity index (χ0) is 7.02. The minimum atomic E-state index is -1.59. The maximum Gasteiger partial charge on any atom is 0.258 e. The minimum Gasteiger partial charge on any atom is -0.380 e. The van der Waals surface area contributed by atoms with Gasteiger partial charge in [0, 0.05) is 0 Å². The molecule has 58 valence electrons. The number of aliphatic hydroxyl groups is 2. The molecule has 1 fully saturated rings. The number of carbonyl (C=O) groups excluding carboxylic acids is 2. The van der Waals surface area contributed by atoms with Crippen molar-refractivity contribution >= 4 is 24.2 Å². The highest BCUT2D eigenvalue weighted by molar-refractivity contribution is 6.07. The van der Waals surface area contributed by atoms with Crippen molar-refractivity contribution in [2.24, 2.45) is 0 Å². The molecule has 0 aromatic rings. The maximum absolute atomic E-state index is 10.3. The van der Waals surface area contributed by atoms with Gasteiger partial charge in [-0.05, 0) is 0 Å². The number of hydrogen-bond acceptors (Lipinski definition) is 4. The highest BCUT2D eigenvalue weighted by atomic mass is 35.5. The normalized spacial score (nSPS) is 31.4. The second-order valence-corrected chi connectivity index (χ2v) is 1.74. The standard InChI is InChI=1S/C4H5NO4.ClH/c6-1-2(7)4(9)5-3(1)8;/h1-2,6-7H,(H,5,8,9);1H. The number of nitrogens with one attached hydrogen (secondary N) is 1. The molecule has 1 rings (SSSR count). The number of amides is 2. The molecule has 6 heteroatoms. The third-order valence-corrected chi connectivity index (χ3v) is 1.08. The van der Waals surface area contributed by atoms with Crippen LogP contribution in [-0.2, 0) is 9.59 Å². The van der Waals surface area contributed by atoms with Crippen LogP contribution in [0.15, 0.2) is 0 Å². The third kappa shape index (κ3) is 1.26. The van der Waals surface area contributed by atoms with E-state index >= 15 is 0 Å². The lowest BCUT2D eigenvalue weighted by Crippen LogP contribution is -2.27. The summed E-state index contributed by atoms with van der Waals surface area (Å²) < 4.78 is 0. The molecule has 0 spiro atoms. The lowest BCUT2D eigenvalue weighted by Gasteiger charge is -1.97. The van der Waals surface area contributed by atoms with Gasteiger partial charge >= 0.3 is 0 Å². The lowest BCUT2D eigenvalue weighted by atomic mass is 10.2. The van der Waals surface area contributed by atoms with Gasteiger partial charge in [0.05, 0.1) is 0 Å². The molecule has 1 saturated heterocycles. The fraction of sp³-hybridized carbons (Fsp3) is 0.500. The quantitative estimate of drug-likeness (QED) is 0.357. The van der Waals surface area contributed by atoms with Crippen LogP contribution >= 0.6 is 12.4 Å². The van der Waals surface area contributed by atoms with Gasteiger partial charge in [0.15, 0.2) is 12.2 Å². The molecule has 10 heavy (non-hydrogen) atoms. The molecule has 0 bridgehead atoms. The molecule has 0 aromatic carbocycles. The van der Waals surface area contributed by atoms with Gasteiger partial charge in [0.2, 0.25) is 0 Å². The van der Waals surface area contributed by atoms with E-state index < -0.39 is 24.0 Å². The van der Waals surface area contributed by atoms with Gasteiger partial charge in [0.1, 0.15) is 0 Å². The summed E-state index contributed by atoms with van der Waals surface area (Å²) in [4.78, 5) is 20.5. The smallest absolute Gasteiger partial charge is 0.258 e. The van der Waals surface area contributed by atoms with Gasteiger partial charge in [-0.1, -0.05) is 0 Å². The molecule has 0 saturated carbocycles. The van der Waals surface area contributed by atoms with Crippen LogP contribution in [0, 0.1) is 0 Å². The van der Waals surface area contributed by atoms with Crippen molar-refractivity contribution in [2.75, 3.05) is 0 Å². The maximum atomic E-state index is 10.3. The van der Waals surface area contributed by atoms with Crippen molar-refractivity contribution in [2.45, 2.75) is 12.2 Å². The van der Waals surface area contributed by atoms with E-state index in [0.717, 1.165) is 0 Å². The van der Waals surface area contributed by atoms with E-state index in [2.05, 4.69) is 0 Å². The van der Waals surface area contributed by atoms with Crippen molar-refractivity contribution in [3.63, 3.8) is 0 Å². The van der Waals surface area contributed by atoms with Crippen LogP contribution in [0.3, 0.4) is 0 Å². The number of halogens is 1. The van der Waals surface area contributed by atoms with Crippen LogP contribution in [0.5, 0.6) is 0 Å². The van der Waals surface area contributed by atoms with Crippen molar-refractivity contribution in [3.8, 4) is 0 Å². The Bertz CT molecular complexity index is 153. The molecule has 2 amide bonds. The molecular weight excluding hydrogens is 162 g/mol. The summed E-state index contributed by atoms with van der Waals surface area (Å²) in [7, 11) is 0. The van der Waals surface area contributed by atoms with Gasteiger partial charge in [-0.3, -0.25) is 14.9 Å². The Morgan fingerprint density at radius 3 is 1.50 bits per heavy atom. The molecule has 3 N–H and O–H groups in total. The molecule has 5 nitrogen and oxygen atoms in total. The van der Waals surface area contributed by atoms with Crippen LogP contribution in [0.1, 0.15) is 0 Å². The average Bonchev–Trinajstić information content (AvgIpc) is 1.98. The third-order valence-electron chi connectivity index (χ3n) is 1.08. The highest BCUT2D eigenvalue weighted by Crippen LogP contribution is 2.00. The first-order valence-corrected chi connectivity index (χ1v) is 2.34. The first-order valence-electron chi connectivity index (χ1n) is 2.34. The SMILES string of the molecule is Cl.O=C1NC(=O)C(O)C1O. The zero-order valence-electron chi connectivity index (χ0n) is 4.77. The Morgan fingerprint density at radius 2 is 1.40 bits per heavy atom. The summed E-state index contributed by atoms with van der Waals surface area (Å²) in [5, 5.41) is 18.8. The first-order chi connectivity index (χ1) is 4.13. The summed E-state index contributed by atoms with van der Waals surface area (Å²) in [6.45, 7) is 0. The van der Waals surface area contributed by atoms with Gasteiger partial charge in [0.25, 0.3) is 11.8 Å². The summed E-state index contributed by atoms with van der Waals surface area (Å²) >= 11 is 0. The molecule has 1 heterocycles. The number of rotatable bonds is 0. The molecule has 1 aliphatic rings.